The van der Waals surface area contributed by atoms with Crippen LogP contribution in [0.15, 0.2) is 0 Å². The Bertz CT molecular complexity index is 546. The van der Waals surface area contributed by atoms with Crippen molar-refractivity contribution >= 4 is 5.97 Å². The average Bonchev–Trinajstić information content (AvgIpc) is 3.03. The molecular weight excluding hydrogens is 574 g/mol. The lowest BCUT2D eigenvalue weighted by atomic mass is 10.1. The molecule has 12 nitrogen and oxygen atoms in total. The van der Waals surface area contributed by atoms with Gasteiger partial charge in [-0.2, -0.15) is 0 Å². The van der Waals surface area contributed by atoms with Gasteiger partial charge in [0, 0.05) is 13.0 Å². The number of hydrogen-bond donors (Lipinski definition) is 1. The molecular formula is C32H65NO11. The molecule has 0 atom stereocenters. The van der Waals surface area contributed by atoms with E-state index in [2.05, 4.69) is 6.92 Å². The van der Waals surface area contributed by atoms with E-state index in [4.69, 9.17) is 53.1 Å². The molecule has 0 unspecified atom stereocenters. The monoisotopic (exact) mass is 639 g/mol. The number of carbonyl (C=O) groups is 1. The molecule has 0 saturated carbocycles. The summed E-state index contributed by atoms with van der Waals surface area (Å²) < 4.78 is 54.0. The molecule has 2 N–H and O–H groups in total. The van der Waals surface area contributed by atoms with Crippen LogP contribution in [-0.4, -0.2) is 138 Å². The van der Waals surface area contributed by atoms with Crippen LogP contribution in [0, 0.1) is 0 Å². The molecule has 0 aliphatic rings. The topological polar surface area (TPSA) is 135 Å². The minimum absolute atomic E-state index is 0.135. The molecule has 44 heavy (non-hydrogen) atoms. The maximum atomic E-state index is 11.8. The molecule has 0 radical (unpaired) electrons. The standard InChI is InChI=1S/C32H65NO11/c1-2-3-4-5-6-7-8-9-10-11-32(34)44-31-30-43-29-28-42-27-26-41-25-24-40-23-22-39-21-20-38-19-18-37-17-16-36-15-14-35-13-12-33/h2-31,33H2,1H3. The Morgan fingerprint density at radius 1 is 0.386 bits per heavy atom. The van der Waals surface area contributed by atoms with Crippen molar-refractivity contribution in [3.8, 4) is 0 Å². The third-order valence-corrected chi connectivity index (χ3v) is 6.21. The Balaban J connectivity index is 3.11. The minimum Gasteiger partial charge on any atom is -0.463 e. The van der Waals surface area contributed by atoms with E-state index in [-0.39, 0.29) is 5.97 Å². The summed E-state index contributed by atoms with van der Waals surface area (Å²) in [5.41, 5.74) is 5.33. The van der Waals surface area contributed by atoms with Gasteiger partial charge in [0.15, 0.2) is 0 Å². The van der Waals surface area contributed by atoms with Crippen LogP contribution < -0.4 is 5.73 Å². The number of ether oxygens (including phenoxy) is 10. The van der Waals surface area contributed by atoms with Crippen molar-refractivity contribution in [2.75, 3.05) is 132 Å². The van der Waals surface area contributed by atoms with Gasteiger partial charge in [-0.3, -0.25) is 4.79 Å². The summed E-state index contributed by atoms with van der Waals surface area (Å²) in [6, 6.07) is 0. The highest BCUT2D eigenvalue weighted by Crippen LogP contribution is 2.10. The maximum Gasteiger partial charge on any atom is 0.305 e. The summed E-state index contributed by atoms with van der Waals surface area (Å²) in [7, 11) is 0. The molecule has 0 fully saturated rings. The lowest BCUT2D eigenvalue weighted by molar-refractivity contribution is -0.145. The molecule has 0 amide bonds. The SMILES string of the molecule is CCCCCCCCCCCC(=O)OCCOCCOCCOCCOCCOCCOCCOCCOCCOCCN. The predicted molar refractivity (Wildman–Crippen MR) is 169 cm³/mol. The molecule has 0 aliphatic heterocycles. The summed E-state index contributed by atoms with van der Waals surface area (Å²) in [4.78, 5) is 11.8. The summed E-state index contributed by atoms with van der Waals surface area (Å²) in [6.45, 7) is 12.1. The zero-order valence-electron chi connectivity index (χ0n) is 27.8. The van der Waals surface area contributed by atoms with Gasteiger partial charge in [0.25, 0.3) is 0 Å². The highest BCUT2D eigenvalue weighted by Gasteiger charge is 2.03. The Kier molecular flexibility index (Phi) is 39.2. The van der Waals surface area contributed by atoms with Gasteiger partial charge in [-0.15, -0.1) is 0 Å². The summed E-state index contributed by atoms with van der Waals surface area (Å²) in [5, 5.41) is 0. The normalized spacial score (nSPS) is 11.4. The third-order valence-electron chi connectivity index (χ3n) is 6.21. The van der Waals surface area contributed by atoms with Gasteiger partial charge >= 0.3 is 5.97 Å². The van der Waals surface area contributed by atoms with Crippen LogP contribution in [0.3, 0.4) is 0 Å². The fraction of sp³-hybridized carbons (Fsp3) is 0.969. The highest BCUT2D eigenvalue weighted by atomic mass is 16.6. The van der Waals surface area contributed by atoms with Gasteiger partial charge in [0.1, 0.15) is 6.61 Å². The first-order valence-electron chi connectivity index (χ1n) is 16.9. The van der Waals surface area contributed by atoms with E-state index in [1.165, 1.54) is 44.9 Å². The Morgan fingerprint density at radius 3 is 0.977 bits per heavy atom. The zero-order valence-corrected chi connectivity index (χ0v) is 27.8. The molecule has 0 bridgehead atoms. The first-order chi connectivity index (χ1) is 21.8. The zero-order chi connectivity index (χ0) is 31.9. The first-order valence-corrected chi connectivity index (χ1v) is 16.9. The third kappa shape index (κ3) is 39.1. The maximum absolute atomic E-state index is 11.8. The van der Waals surface area contributed by atoms with E-state index in [0.29, 0.717) is 138 Å². The van der Waals surface area contributed by atoms with Crippen molar-refractivity contribution in [3.05, 3.63) is 0 Å². The lowest BCUT2D eigenvalue weighted by Crippen LogP contribution is -2.15. The van der Waals surface area contributed by atoms with Crippen molar-refractivity contribution in [1.29, 1.82) is 0 Å². The molecule has 0 heterocycles. The summed E-state index contributed by atoms with van der Waals surface area (Å²) in [5.74, 6) is -0.135. The van der Waals surface area contributed by atoms with E-state index in [9.17, 15) is 4.79 Å². The van der Waals surface area contributed by atoms with E-state index < -0.39 is 0 Å². The molecule has 0 aromatic heterocycles. The van der Waals surface area contributed by atoms with Gasteiger partial charge in [0.2, 0.25) is 0 Å². The van der Waals surface area contributed by atoms with E-state index in [0.717, 1.165) is 12.8 Å². The molecule has 0 aromatic rings. The van der Waals surface area contributed by atoms with E-state index in [1.807, 2.05) is 0 Å². The van der Waals surface area contributed by atoms with Crippen LogP contribution in [0.25, 0.3) is 0 Å². The predicted octanol–water partition coefficient (Wildman–Crippen LogP) is 3.56. The quantitative estimate of drug-likeness (QED) is 0.0778. The van der Waals surface area contributed by atoms with Gasteiger partial charge in [-0.1, -0.05) is 58.3 Å². The summed E-state index contributed by atoms with van der Waals surface area (Å²) >= 11 is 0. The smallest absolute Gasteiger partial charge is 0.305 e. The van der Waals surface area contributed by atoms with Crippen molar-refractivity contribution in [3.63, 3.8) is 0 Å². The molecule has 12 heteroatoms. The number of carbonyl (C=O) groups excluding carboxylic acids is 1. The van der Waals surface area contributed by atoms with Crippen molar-refractivity contribution in [2.24, 2.45) is 5.73 Å². The fourth-order valence-electron chi connectivity index (χ4n) is 3.81. The van der Waals surface area contributed by atoms with Crippen molar-refractivity contribution in [2.45, 2.75) is 71.1 Å². The first kappa shape index (κ1) is 43.1. The number of unbranched alkanes of at least 4 members (excludes halogenated alkanes) is 8. The van der Waals surface area contributed by atoms with Crippen molar-refractivity contribution < 1.29 is 52.2 Å². The lowest BCUT2D eigenvalue weighted by Gasteiger charge is -2.09. The van der Waals surface area contributed by atoms with E-state index >= 15 is 0 Å². The Labute approximate surface area is 267 Å². The number of hydrogen-bond acceptors (Lipinski definition) is 12. The van der Waals surface area contributed by atoms with Gasteiger partial charge in [-0.25, -0.2) is 0 Å². The molecule has 0 saturated heterocycles. The van der Waals surface area contributed by atoms with Crippen LogP contribution in [0.5, 0.6) is 0 Å². The highest BCUT2D eigenvalue weighted by molar-refractivity contribution is 5.69. The Morgan fingerprint density at radius 2 is 0.659 bits per heavy atom. The number of rotatable bonds is 39. The largest absolute Gasteiger partial charge is 0.463 e. The van der Waals surface area contributed by atoms with Gasteiger partial charge in [0.05, 0.1) is 119 Å². The molecule has 0 aromatic carbocycles. The summed E-state index contributed by atoms with van der Waals surface area (Å²) in [6.07, 6.45) is 11.6. The number of nitrogens with two attached hydrogens (primary N) is 1. The average molecular weight is 640 g/mol. The van der Waals surface area contributed by atoms with Gasteiger partial charge < -0.3 is 53.1 Å². The van der Waals surface area contributed by atoms with Crippen LogP contribution in [0.2, 0.25) is 0 Å². The number of esters is 1. The fourth-order valence-corrected chi connectivity index (χ4v) is 3.81. The van der Waals surface area contributed by atoms with Crippen molar-refractivity contribution in [1.82, 2.24) is 0 Å². The van der Waals surface area contributed by atoms with Crippen LogP contribution in [-0.2, 0) is 52.2 Å². The molecule has 0 spiro atoms. The second kappa shape index (κ2) is 40.1. The second-order valence-electron chi connectivity index (χ2n) is 10.1. The molecule has 0 rings (SSSR count). The van der Waals surface area contributed by atoms with Gasteiger partial charge in [-0.05, 0) is 6.42 Å². The Hall–Kier alpha value is -0.930. The van der Waals surface area contributed by atoms with Crippen LogP contribution in [0.4, 0.5) is 0 Å². The van der Waals surface area contributed by atoms with E-state index in [1.54, 1.807) is 0 Å². The molecule has 264 valence electrons. The van der Waals surface area contributed by atoms with Crippen LogP contribution >= 0.6 is 0 Å². The van der Waals surface area contributed by atoms with Crippen LogP contribution in [0.1, 0.15) is 71.1 Å². The minimum atomic E-state index is -0.135. The molecule has 0 aliphatic carbocycles. The second-order valence-corrected chi connectivity index (χ2v) is 10.1.